The summed E-state index contributed by atoms with van der Waals surface area (Å²) in [6.45, 7) is 11.8. The van der Waals surface area contributed by atoms with E-state index in [0.29, 0.717) is 6.54 Å². The molecule has 2 aromatic rings. The molecule has 1 aliphatic rings. The Morgan fingerprint density at radius 2 is 2.07 bits per heavy atom. The van der Waals surface area contributed by atoms with Crippen LogP contribution in [0.15, 0.2) is 28.8 Å². The molecule has 1 aromatic carbocycles. The van der Waals surface area contributed by atoms with Gasteiger partial charge in [-0.25, -0.2) is 0 Å². The number of likely N-dealkylation sites (tertiary alicyclic amines) is 1. The molecule has 2 unspecified atom stereocenters. The Morgan fingerprint density at radius 1 is 1.33 bits per heavy atom. The summed E-state index contributed by atoms with van der Waals surface area (Å²) in [5.74, 6) is 1.22. The van der Waals surface area contributed by atoms with Gasteiger partial charge < -0.3 is 9.84 Å². The van der Waals surface area contributed by atoms with Crippen LogP contribution in [0.5, 0.6) is 0 Å². The second-order valence-electron chi connectivity index (χ2n) is 7.93. The van der Waals surface area contributed by atoms with Crippen molar-refractivity contribution in [2.45, 2.75) is 59.5 Å². The number of hydrogen-bond donors (Lipinski definition) is 1. The number of aryl methyl sites for hydroxylation is 2. The highest BCUT2D eigenvalue weighted by Crippen LogP contribution is 2.24. The van der Waals surface area contributed by atoms with Gasteiger partial charge in [-0.1, -0.05) is 36.3 Å². The summed E-state index contributed by atoms with van der Waals surface area (Å²) in [5, 5.41) is 7.06. The lowest BCUT2D eigenvalue weighted by Crippen LogP contribution is -2.34. The highest BCUT2D eigenvalue weighted by Gasteiger charge is 2.23. The van der Waals surface area contributed by atoms with Crippen LogP contribution < -0.4 is 5.32 Å². The van der Waals surface area contributed by atoms with Crippen molar-refractivity contribution in [3.63, 3.8) is 0 Å². The zero-order chi connectivity index (χ0) is 19.4. The van der Waals surface area contributed by atoms with Crippen molar-refractivity contribution in [2.24, 2.45) is 5.92 Å². The van der Waals surface area contributed by atoms with Gasteiger partial charge >= 0.3 is 0 Å². The van der Waals surface area contributed by atoms with Crippen molar-refractivity contribution in [1.29, 1.82) is 0 Å². The van der Waals surface area contributed by atoms with Crippen LogP contribution in [0.2, 0.25) is 0 Å². The Bertz CT molecular complexity index is 764. The number of nitrogens with zero attached hydrogens (tertiary/aromatic N) is 2. The minimum absolute atomic E-state index is 0.00537. The number of hydrogen-bond acceptors (Lipinski definition) is 4. The number of aromatic nitrogens is 1. The molecule has 1 fully saturated rings. The Morgan fingerprint density at radius 3 is 2.74 bits per heavy atom. The van der Waals surface area contributed by atoms with Gasteiger partial charge in [0, 0.05) is 25.2 Å². The second-order valence-corrected chi connectivity index (χ2v) is 7.93. The maximum absolute atomic E-state index is 12.7. The number of piperidine rings is 1. The van der Waals surface area contributed by atoms with Crippen molar-refractivity contribution in [1.82, 2.24) is 15.4 Å². The molecule has 1 amide bonds. The molecular formula is C22H31N3O2. The van der Waals surface area contributed by atoms with Gasteiger partial charge in [0.25, 0.3) is 0 Å². The maximum atomic E-state index is 12.7. The van der Waals surface area contributed by atoms with E-state index in [2.05, 4.69) is 40.5 Å². The minimum Gasteiger partial charge on any atom is -0.361 e. The topological polar surface area (TPSA) is 58.4 Å². The molecule has 1 saturated heterocycles. The Labute approximate surface area is 162 Å². The summed E-state index contributed by atoms with van der Waals surface area (Å²) in [6.07, 6.45) is 2.60. The van der Waals surface area contributed by atoms with E-state index in [1.54, 1.807) is 0 Å². The molecule has 0 radical (unpaired) electrons. The largest absolute Gasteiger partial charge is 0.361 e. The van der Waals surface area contributed by atoms with Crippen LogP contribution in [0.1, 0.15) is 60.8 Å². The van der Waals surface area contributed by atoms with E-state index in [0.717, 1.165) is 42.6 Å². The summed E-state index contributed by atoms with van der Waals surface area (Å²) in [7, 11) is 0. The number of carbonyl (C=O) groups excluding carboxylic acids is 1. The van der Waals surface area contributed by atoms with Crippen molar-refractivity contribution in [3.05, 3.63) is 52.4 Å². The lowest BCUT2D eigenvalue weighted by Gasteiger charge is -2.31. The van der Waals surface area contributed by atoms with Crippen LogP contribution in [0, 0.1) is 19.8 Å². The van der Waals surface area contributed by atoms with Crippen molar-refractivity contribution in [3.8, 4) is 0 Å². The Balaban J connectivity index is 1.63. The minimum atomic E-state index is -0.272. The lowest BCUT2D eigenvalue weighted by molar-refractivity contribution is -0.122. The predicted molar refractivity (Wildman–Crippen MR) is 106 cm³/mol. The average Bonchev–Trinajstić information content (AvgIpc) is 2.98. The summed E-state index contributed by atoms with van der Waals surface area (Å²) >= 11 is 0. The Kier molecular flexibility index (Phi) is 6.32. The second kappa shape index (κ2) is 8.70. The van der Waals surface area contributed by atoms with E-state index < -0.39 is 0 Å². The number of carbonyl (C=O) groups is 1. The van der Waals surface area contributed by atoms with E-state index in [1.807, 2.05) is 26.8 Å². The average molecular weight is 370 g/mol. The molecule has 27 heavy (non-hydrogen) atoms. The first-order valence-electron chi connectivity index (χ1n) is 9.95. The molecule has 0 saturated carbocycles. The van der Waals surface area contributed by atoms with Gasteiger partial charge in [0.1, 0.15) is 5.76 Å². The molecule has 2 heterocycles. The lowest BCUT2D eigenvalue weighted by atomic mass is 9.98. The molecule has 146 valence electrons. The fourth-order valence-corrected chi connectivity index (χ4v) is 4.13. The molecule has 1 N–H and O–H groups in total. The molecular weight excluding hydrogens is 338 g/mol. The van der Waals surface area contributed by atoms with Crippen molar-refractivity contribution >= 4 is 5.91 Å². The van der Waals surface area contributed by atoms with Crippen LogP contribution in [0.3, 0.4) is 0 Å². The monoisotopic (exact) mass is 369 g/mol. The fraction of sp³-hybridized carbons (Fsp3) is 0.545. The molecule has 1 aromatic heterocycles. The molecule has 5 heteroatoms. The molecule has 1 aliphatic heterocycles. The first kappa shape index (κ1) is 19.6. The van der Waals surface area contributed by atoms with Crippen molar-refractivity contribution < 1.29 is 9.32 Å². The van der Waals surface area contributed by atoms with E-state index in [1.165, 1.54) is 24.0 Å². The summed E-state index contributed by atoms with van der Waals surface area (Å²) in [4.78, 5) is 15.2. The Hall–Kier alpha value is -2.14. The SMILES string of the molecule is Cc1noc(C)c1C(C)C(=O)NCc1ccccc1CN1CCCC(C)C1. The van der Waals surface area contributed by atoms with E-state index in [9.17, 15) is 4.79 Å². The van der Waals surface area contributed by atoms with Gasteiger partial charge in [0.2, 0.25) is 5.91 Å². The normalized spacial score (nSPS) is 19.0. The number of amides is 1. The summed E-state index contributed by atoms with van der Waals surface area (Å²) < 4.78 is 5.21. The summed E-state index contributed by atoms with van der Waals surface area (Å²) in [6, 6.07) is 8.42. The highest BCUT2D eigenvalue weighted by atomic mass is 16.5. The zero-order valence-electron chi connectivity index (χ0n) is 16.9. The van der Waals surface area contributed by atoms with Crippen molar-refractivity contribution in [2.75, 3.05) is 13.1 Å². The van der Waals surface area contributed by atoms with Crippen LogP contribution >= 0.6 is 0 Å². The van der Waals surface area contributed by atoms with Gasteiger partial charge in [-0.3, -0.25) is 9.69 Å². The quantitative estimate of drug-likeness (QED) is 0.838. The van der Waals surface area contributed by atoms with E-state index in [-0.39, 0.29) is 11.8 Å². The molecule has 0 aliphatic carbocycles. The van der Waals surface area contributed by atoms with Gasteiger partial charge in [-0.2, -0.15) is 0 Å². The van der Waals surface area contributed by atoms with Crippen LogP contribution in [-0.4, -0.2) is 29.1 Å². The number of nitrogens with one attached hydrogen (secondary N) is 1. The first-order valence-corrected chi connectivity index (χ1v) is 9.95. The van der Waals surface area contributed by atoms with Gasteiger partial charge in [0.05, 0.1) is 11.6 Å². The maximum Gasteiger partial charge on any atom is 0.227 e. The van der Waals surface area contributed by atoms with E-state index >= 15 is 0 Å². The van der Waals surface area contributed by atoms with Gasteiger partial charge in [0.15, 0.2) is 0 Å². The summed E-state index contributed by atoms with van der Waals surface area (Å²) in [5.41, 5.74) is 4.17. The van der Waals surface area contributed by atoms with E-state index in [4.69, 9.17) is 4.52 Å². The first-order chi connectivity index (χ1) is 13.0. The van der Waals surface area contributed by atoms with Crippen LogP contribution in [0.25, 0.3) is 0 Å². The molecule has 5 nitrogen and oxygen atoms in total. The third-order valence-electron chi connectivity index (χ3n) is 5.62. The van der Waals surface area contributed by atoms with Gasteiger partial charge in [-0.15, -0.1) is 0 Å². The van der Waals surface area contributed by atoms with Crippen LogP contribution in [-0.2, 0) is 17.9 Å². The third kappa shape index (κ3) is 4.78. The highest BCUT2D eigenvalue weighted by molar-refractivity contribution is 5.83. The smallest absolute Gasteiger partial charge is 0.227 e. The number of rotatable bonds is 6. The molecule has 3 rings (SSSR count). The number of benzene rings is 1. The van der Waals surface area contributed by atoms with Crippen LogP contribution in [0.4, 0.5) is 0 Å². The van der Waals surface area contributed by atoms with Gasteiger partial charge in [-0.05, 0) is 57.2 Å². The third-order valence-corrected chi connectivity index (χ3v) is 5.62. The predicted octanol–water partition coefficient (Wildman–Crippen LogP) is 3.94. The molecule has 2 atom stereocenters. The molecule has 0 spiro atoms. The zero-order valence-corrected chi connectivity index (χ0v) is 16.9. The standard InChI is InChI=1S/C22H31N3O2/c1-15-8-7-11-25(13-15)14-20-10-6-5-9-19(20)12-23-22(26)16(2)21-17(3)24-27-18(21)4/h5-6,9-10,15-16H,7-8,11-14H2,1-4H3,(H,23,26). The molecule has 0 bridgehead atoms. The fourth-order valence-electron chi connectivity index (χ4n) is 4.13.